The van der Waals surface area contributed by atoms with Crippen molar-refractivity contribution in [2.75, 3.05) is 20.7 Å². The summed E-state index contributed by atoms with van der Waals surface area (Å²) in [6.07, 6.45) is 0.771. The van der Waals surface area contributed by atoms with E-state index >= 15 is 0 Å². The molecule has 0 unspecified atom stereocenters. The lowest BCUT2D eigenvalue weighted by molar-refractivity contribution is 0.0908. The van der Waals surface area contributed by atoms with Crippen LogP contribution >= 0.6 is 39.1 Å². The fraction of sp³-hybridized carbons (Fsp3) is 0.286. The Bertz CT molecular complexity index is 1670. The lowest BCUT2D eigenvalue weighted by atomic mass is 9.93. The summed E-state index contributed by atoms with van der Waals surface area (Å²) in [5, 5.41) is 9.87. The van der Waals surface area contributed by atoms with Gasteiger partial charge in [0.2, 0.25) is 0 Å². The molecular weight excluding hydrogens is 635 g/mol. The Morgan fingerprint density at radius 1 is 1.07 bits per heavy atom. The van der Waals surface area contributed by atoms with E-state index in [0.717, 1.165) is 20.8 Å². The van der Waals surface area contributed by atoms with Crippen molar-refractivity contribution in [3.63, 3.8) is 0 Å². The highest BCUT2D eigenvalue weighted by molar-refractivity contribution is 9.10. The van der Waals surface area contributed by atoms with Gasteiger partial charge >= 0.3 is 6.09 Å². The molecule has 0 fully saturated rings. The van der Waals surface area contributed by atoms with Crippen LogP contribution in [0.1, 0.15) is 49.1 Å². The fourth-order valence-corrected chi connectivity index (χ4v) is 5.17. The summed E-state index contributed by atoms with van der Waals surface area (Å²) in [5.74, 6) is -0.411. The largest absolute Gasteiger partial charge is 0.453 e. The summed E-state index contributed by atoms with van der Waals surface area (Å²) < 4.78 is 8.80. The highest BCUT2D eigenvalue weighted by atomic mass is 79.9. The maximum atomic E-state index is 13.9. The van der Waals surface area contributed by atoms with Crippen LogP contribution in [0, 0.1) is 20.8 Å². The zero-order valence-corrected chi connectivity index (χ0v) is 26.1. The quantitative estimate of drug-likeness (QED) is 0.208. The molecule has 0 N–H and O–H groups in total. The number of nitrogens with zero attached hydrogens (tertiary/aromatic N) is 6. The maximum absolute atomic E-state index is 13.9. The molecule has 0 aliphatic heterocycles. The van der Waals surface area contributed by atoms with Crippen LogP contribution in [-0.4, -0.2) is 67.8 Å². The van der Waals surface area contributed by atoms with Gasteiger partial charge in [-0.3, -0.25) is 14.3 Å². The number of ketones is 2. The average molecular weight is 662 g/mol. The van der Waals surface area contributed by atoms with Gasteiger partial charge < -0.3 is 9.64 Å². The molecule has 0 aliphatic carbocycles. The van der Waals surface area contributed by atoms with E-state index in [9.17, 15) is 14.4 Å². The predicted molar refractivity (Wildman–Crippen MR) is 158 cm³/mol. The van der Waals surface area contributed by atoms with Crippen molar-refractivity contribution >= 4 is 56.8 Å². The molecule has 1 aromatic carbocycles. The molecule has 0 saturated carbocycles. The maximum Gasteiger partial charge on any atom is 0.409 e. The molecule has 0 bridgehead atoms. The van der Waals surface area contributed by atoms with Gasteiger partial charge in [0.15, 0.2) is 17.4 Å². The number of halogens is 3. The van der Waals surface area contributed by atoms with Gasteiger partial charge in [0.25, 0.3) is 0 Å². The number of carbonyl (C=O) groups is 3. The molecule has 3 heterocycles. The molecule has 0 saturated heterocycles. The van der Waals surface area contributed by atoms with E-state index < -0.39 is 6.09 Å². The number of benzene rings is 1. The fourth-order valence-electron chi connectivity index (χ4n) is 4.41. The molecule has 0 atom stereocenters. The van der Waals surface area contributed by atoms with Gasteiger partial charge in [0, 0.05) is 30.3 Å². The molecule has 0 spiro atoms. The smallest absolute Gasteiger partial charge is 0.409 e. The monoisotopic (exact) mass is 660 g/mol. The minimum absolute atomic E-state index is 0.132. The number of amides is 1. The van der Waals surface area contributed by atoms with Crippen molar-refractivity contribution in [3.8, 4) is 5.82 Å². The normalized spacial score (nSPS) is 11.0. The van der Waals surface area contributed by atoms with E-state index in [-0.39, 0.29) is 35.8 Å². The third-order valence-electron chi connectivity index (χ3n) is 6.53. The van der Waals surface area contributed by atoms with Crippen LogP contribution < -0.4 is 0 Å². The van der Waals surface area contributed by atoms with E-state index in [4.69, 9.17) is 27.9 Å². The third kappa shape index (κ3) is 6.52. The van der Waals surface area contributed by atoms with Gasteiger partial charge in [0.1, 0.15) is 5.69 Å². The van der Waals surface area contributed by atoms with E-state index in [1.54, 1.807) is 42.1 Å². The zero-order chi connectivity index (χ0) is 30.0. The number of ether oxygens (including phenoxy) is 1. The van der Waals surface area contributed by atoms with Gasteiger partial charge in [0.05, 0.1) is 46.8 Å². The number of carbonyl (C=O) groups excluding carboxylic acids is 3. The lowest BCUT2D eigenvalue weighted by Gasteiger charge is -2.17. The summed E-state index contributed by atoms with van der Waals surface area (Å²) in [6.45, 7) is 5.65. The molecule has 13 heteroatoms. The van der Waals surface area contributed by atoms with Crippen molar-refractivity contribution in [3.05, 3.63) is 90.5 Å². The van der Waals surface area contributed by atoms with Crippen molar-refractivity contribution < 1.29 is 19.1 Å². The molecule has 0 aliphatic rings. The molecule has 4 aromatic rings. The van der Waals surface area contributed by atoms with Crippen molar-refractivity contribution in [1.29, 1.82) is 0 Å². The van der Waals surface area contributed by atoms with Crippen molar-refractivity contribution in [2.45, 2.75) is 33.7 Å². The molecule has 1 amide bonds. The first kappa shape index (κ1) is 30.4. The molecule has 214 valence electrons. The van der Waals surface area contributed by atoms with Crippen LogP contribution in [0.4, 0.5) is 4.79 Å². The number of aromatic nitrogens is 5. The van der Waals surface area contributed by atoms with E-state index in [2.05, 4.69) is 31.1 Å². The van der Waals surface area contributed by atoms with Gasteiger partial charge in [-0.25, -0.2) is 14.5 Å². The number of Topliss-reactive ketones (excluding diaryl/α,β-unsaturated/α-hetero) is 2. The number of methoxy groups -OCH3 is 1. The molecule has 3 aromatic heterocycles. The van der Waals surface area contributed by atoms with Crippen molar-refractivity contribution in [2.24, 2.45) is 0 Å². The molecule has 10 nitrogen and oxygen atoms in total. The highest BCUT2D eigenvalue weighted by Crippen LogP contribution is 2.26. The Morgan fingerprint density at radius 2 is 1.80 bits per heavy atom. The van der Waals surface area contributed by atoms with Crippen molar-refractivity contribution in [1.82, 2.24) is 29.4 Å². The van der Waals surface area contributed by atoms with Crippen LogP contribution in [0.3, 0.4) is 0 Å². The Balaban J connectivity index is 1.74. The second-order valence-corrected chi connectivity index (χ2v) is 11.1. The number of pyridine rings is 1. The number of hydrogen-bond acceptors (Lipinski definition) is 7. The topological polar surface area (TPSA) is 112 Å². The van der Waals surface area contributed by atoms with Gasteiger partial charge in [-0.05, 0) is 78.2 Å². The molecule has 4 rings (SSSR count). The summed E-state index contributed by atoms with van der Waals surface area (Å²) in [4.78, 5) is 44.5. The predicted octanol–water partition coefficient (Wildman–Crippen LogP) is 5.81. The minimum Gasteiger partial charge on any atom is -0.453 e. The minimum atomic E-state index is -0.659. The Kier molecular flexibility index (Phi) is 9.31. The standard InChI is InChI=1S/C28H27BrCl2N6O4/c1-15-9-18(30)10-21(25(39)14-35(4)28(40)41-5)20(15)12-24(38)23-11-19(13-36-17(3)26(29)16(2)33-36)34-37(23)27-22(31)7-6-8-32-27/h6-11H,12-14H2,1-5H3. The van der Waals surface area contributed by atoms with Gasteiger partial charge in [-0.15, -0.1) is 0 Å². The Morgan fingerprint density at radius 3 is 2.44 bits per heavy atom. The first-order chi connectivity index (χ1) is 19.4. The first-order valence-corrected chi connectivity index (χ1v) is 14.0. The van der Waals surface area contributed by atoms with E-state index in [0.29, 0.717) is 39.2 Å². The second kappa shape index (κ2) is 12.5. The van der Waals surface area contributed by atoms with Crippen LogP contribution in [-0.2, 0) is 17.7 Å². The number of aryl methyl sites for hydroxylation is 2. The summed E-state index contributed by atoms with van der Waals surface area (Å²) >= 11 is 16.3. The third-order valence-corrected chi connectivity index (χ3v) is 8.19. The van der Waals surface area contributed by atoms with E-state index in [1.165, 1.54) is 24.9 Å². The van der Waals surface area contributed by atoms with Crippen LogP contribution in [0.5, 0.6) is 0 Å². The summed E-state index contributed by atoms with van der Waals surface area (Å²) in [6, 6.07) is 8.21. The van der Waals surface area contributed by atoms with E-state index in [1.807, 2.05) is 13.8 Å². The molecule has 0 radical (unpaired) electrons. The van der Waals surface area contributed by atoms with Gasteiger partial charge in [-0.1, -0.05) is 23.2 Å². The first-order valence-electron chi connectivity index (χ1n) is 12.4. The second-order valence-electron chi connectivity index (χ2n) is 9.48. The zero-order valence-electron chi connectivity index (χ0n) is 23.0. The van der Waals surface area contributed by atoms with Crippen LogP contribution in [0.2, 0.25) is 10.0 Å². The van der Waals surface area contributed by atoms with Crippen LogP contribution in [0.15, 0.2) is 41.0 Å². The summed E-state index contributed by atoms with van der Waals surface area (Å²) in [7, 11) is 2.68. The Labute approximate surface area is 255 Å². The number of rotatable bonds is 9. The number of likely N-dealkylation sites (N-methyl/N-ethyl adjacent to an activating group) is 1. The molecular formula is C28H27BrCl2N6O4. The van der Waals surface area contributed by atoms with Gasteiger partial charge in [-0.2, -0.15) is 10.2 Å². The number of hydrogen-bond donors (Lipinski definition) is 0. The molecule has 41 heavy (non-hydrogen) atoms. The lowest BCUT2D eigenvalue weighted by Crippen LogP contribution is -2.32. The summed E-state index contributed by atoms with van der Waals surface area (Å²) in [5.41, 5.74) is 3.94. The van der Waals surface area contributed by atoms with Crippen LogP contribution in [0.25, 0.3) is 5.82 Å². The highest BCUT2D eigenvalue weighted by Gasteiger charge is 2.25. The Hall–Kier alpha value is -3.54. The average Bonchev–Trinajstić information content (AvgIpc) is 3.45. The SMILES string of the molecule is COC(=O)N(C)CC(=O)c1cc(Cl)cc(C)c1CC(=O)c1cc(Cn2nc(C)c(Br)c2C)nn1-c1ncccc1Cl.